The van der Waals surface area contributed by atoms with Crippen molar-refractivity contribution in [1.29, 1.82) is 0 Å². The molecule has 4 aromatic rings. The van der Waals surface area contributed by atoms with E-state index in [4.69, 9.17) is 24.9 Å². The molecule has 8 heteroatoms. The first-order chi connectivity index (χ1) is 17.3. The van der Waals surface area contributed by atoms with Gasteiger partial charge in [-0.2, -0.15) is 0 Å². The molecule has 0 aliphatic carbocycles. The summed E-state index contributed by atoms with van der Waals surface area (Å²) in [6, 6.07) is 17.3. The fraction of sp³-hybridized carbons (Fsp3) is 0.286. The number of carbonyl (C=O) groups is 1. The summed E-state index contributed by atoms with van der Waals surface area (Å²) in [5.74, 6) is 1.83. The van der Waals surface area contributed by atoms with Crippen LogP contribution in [-0.4, -0.2) is 36.3 Å². The lowest BCUT2D eigenvalue weighted by atomic mass is 10.0. The average Bonchev–Trinajstić information content (AvgIpc) is 3.27. The van der Waals surface area contributed by atoms with Gasteiger partial charge in [0.25, 0.3) is 5.91 Å². The molecule has 36 heavy (non-hydrogen) atoms. The normalized spacial score (nSPS) is 11.3. The molecular weight excluding hydrogens is 522 g/mol. The van der Waals surface area contributed by atoms with Crippen LogP contribution in [0.1, 0.15) is 41.3 Å². The van der Waals surface area contributed by atoms with E-state index in [2.05, 4.69) is 58.6 Å². The lowest BCUT2D eigenvalue weighted by Gasteiger charge is -2.14. The molecule has 0 atom stereocenters. The number of amides is 1. The Balaban J connectivity index is 1.80. The summed E-state index contributed by atoms with van der Waals surface area (Å²) < 4.78 is 20.1. The molecule has 188 valence electrons. The van der Waals surface area contributed by atoms with Gasteiger partial charge >= 0.3 is 0 Å². The Hall–Kier alpha value is -3.36. The summed E-state index contributed by atoms with van der Waals surface area (Å²) >= 11 is 3.75. The molecule has 0 bridgehead atoms. The third-order valence-corrected chi connectivity index (χ3v) is 6.99. The van der Waals surface area contributed by atoms with Crippen molar-refractivity contribution in [2.75, 3.05) is 20.8 Å². The Kier molecular flexibility index (Phi) is 7.96. The SMILES string of the molecule is COCCn1c(-c2ccc(C(C)C)cc2)nc2c(Br)c(COc3ccccc3C(N)=O)cc(OC)c21. The van der Waals surface area contributed by atoms with Gasteiger partial charge in [0.15, 0.2) is 0 Å². The van der Waals surface area contributed by atoms with E-state index >= 15 is 0 Å². The van der Waals surface area contributed by atoms with Crippen molar-refractivity contribution in [3.8, 4) is 22.9 Å². The van der Waals surface area contributed by atoms with Crippen molar-refractivity contribution < 1.29 is 19.0 Å². The zero-order valence-electron chi connectivity index (χ0n) is 20.9. The van der Waals surface area contributed by atoms with Gasteiger partial charge in [0.05, 0.1) is 23.8 Å². The molecule has 7 nitrogen and oxygen atoms in total. The third-order valence-electron chi connectivity index (χ3n) is 6.11. The Morgan fingerprint density at radius 2 is 1.81 bits per heavy atom. The van der Waals surface area contributed by atoms with Crippen molar-refractivity contribution >= 4 is 32.9 Å². The first-order valence-corrected chi connectivity index (χ1v) is 12.5. The number of primary amides is 1. The van der Waals surface area contributed by atoms with E-state index in [9.17, 15) is 4.79 Å². The highest BCUT2D eigenvalue weighted by atomic mass is 79.9. The van der Waals surface area contributed by atoms with Gasteiger partial charge in [-0.15, -0.1) is 0 Å². The smallest absolute Gasteiger partial charge is 0.252 e. The molecule has 0 saturated heterocycles. The van der Waals surface area contributed by atoms with Crippen molar-refractivity contribution in [3.05, 3.63) is 75.8 Å². The lowest BCUT2D eigenvalue weighted by molar-refractivity contribution is 0.0996. The number of para-hydroxylation sites is 1. The minimum Gasteiger partial charge on any atom is -0.494 e. The first kappa shape index (κ1) is 25.7. The van der Waals surface area contributed by atoms with Crippen LogP contribution in [0.2, 0.25) is 0 Å². The summed E-state index contributed by atoms with van der Waals surface area (Å²) in [4.78, 5) is 16.8. The zero-order valence-corrected chi connectivity index (χ0v) is 22.5. The highest BCUT2D eigenvalue weighted by Crippen LogP contribution is 2.38. The maximum absolute atomic E-state index is 11.8. The van der Waals surface area contributed by atoms with E-state index in [1.54, 1.807) is 38.5 Å². The van der Waals surface area contributed by atoms with Gasteiger partial charge in [0.1, 0.15) is 35.0 Å². The molecule has 1 amide bonds. The Labute approximate surface area is 219 Å². The Morgan fingerprint density at radius 1 is 1.08 bits per heavy atom. The van der Waals surface area contributed by atoms with Crippen molar-refractivity contribution in [2.24, 2.45) is 5.73 Å². The Morgan fingerprint density at radius 3 is 2.44 bits per heavy atom. The zero-order chi connectivity index (χ0) is 25.8. The van der Waals surface area contributed by atoms with E-state index in [0.29, 0.717) is 36.1 Å². The van der Waals surface area contributed by atoms with Gasteiger partial charge in [-0.3, -0.25) is 4.79 Å². The number of benzene rings is 3. The van der Waals surface area contributed by atoms with Gasteiger partial charge in [-0.1, -0.05) is 50.2 Å². The standard InChI is InChI=1S/C28H30BrN3O4/c1-17(2)18-9-11-19(12-10-18)28-31-25-24(29)20(15-23(35-4)26(25)32(28)13-14-34-3)16-36-22-8-6-5-7-21(22)27(30)33/h5-12,15,17H,13-14,16H2,1-4H3,(H2,30,33). The second-order valence-corrected chi connectivity index (χ2v) is 9.55. The van der Waals surface area contributed by atoms with Crippen molar-refractivity contribution in [3.63, 3.8) is 0 Å². The summed E-state index contributed by atoms with van der Waals surface area (Å²) in [5.41, 5.74) is 10.6. The number of nitrogens with zero attached hydrogens (tertiary/aromatic N) is 2. The van der Waals surface area contributed by atoms with Crippen LogP contribution in [0.25, 0.3) is 22.4 Å². The molecule has 0 fully saturated rings. The maximum Gasteiger partial charge on any atom is 0.252 e. The molecule has 0 aliphatic heterocycles. The predicted octanol–water partition coefficient (Wildman–Crippen LogP) is 5.92. The monoisotopic (exact) mass is 551 g/mol. The number of halogens is 1. The molecule has 3 aromatic carbocycles. The summed E-state index contributed by atoms with van der Waals surface area (Å²) in [6.45, 7) is 5.68. The van der Waals surface area contributed by atoms with Crippen molar-refractivity contribution in [1.82, 2.24) is 9.55 Å². The largest absolute Gasteiger partial charge is 0.494 e. The fourth-order valence-corrected chi connectivity index (χ4v) is 4.65. The van der Waals surface area contributed by atoms with Crippen LogP contribution in [-0.2, 0) is 17.9 Å². The van der Waals surface area contributed by atoms with Gasteiger partial charge in [-0.05, 0) is 45.6 Å². The van der Waals surface area contributed by atoms with Crippen LogP contribution < -0.4 is 15.2 Å². The number of nitrogens with two attached hydrogens (primary N) is 1. The molecule has 0 radical (unpaired) electrons. The molecule has 1 heterocycles. The van der Waals surface area contributed by atoms with Gasteiger partial charge < -0.3 is 24.5 Å². The minimum absolute atomic E-state index is 0.195. The highest BCUT2D eigenvalue weighted by Gasteiger charge is 2.22. The second-order valence-electron chi connectivity index (χ2n) is 8.75. The number of rotatable bonds is 10. The number of hydrogen-bond donors (Lipinski definition) is 1. The summed E-state index contributed by atoms with van der Waals surface area (Å²) in [7, 11) is 3.32. The number of hydrogen-bond acceptors (Lipinski definition) is 5. The summed E-state index contributed by atoms with van der Waals surface area (Å²) in [5, 5.41) is 0. The van der Waals surface area contributed by atoms with E-state index in [1.807, 2.05) is 6.07 Å². The van der Waals surface area contributed by atoms with Gasteiger partial charge in [0, 0.05) is 24.8 Å². The molecule has 4 rings (SSSR count). The molecule has 0 aliphatic rings. The van der Waals surface area contributed by atoms with Crippen LogP contribution in [0, 0.1) is 0 Å². The highest BCUT2D eigenvalue weighted by molar-refractivity contribution is 9.10. The third kappa shape index (κ3) is 5.10. The summed E-state index contributed by atoms with van der Waals surface area (Å²) in [6.07, 6.45) is 0. The van der Waals surface area contributed by atoms with E-state index in [-0.39, 0.29) is 6.61 Å². The molecule has 0 saturated carbocycles. The Bertz CT molecular complexity index is 1380. The van der Waals surface area contributed by atoms with Crippen LogP contribution in [0.3, 0.4) is 0 Å². The van der Waals surface area contributed by atoms with Gasteiger partial charge in [-0.25, -0.2) is 4.98 Å². The number of aromatic nitrogens is 2. The van der Waals surface area contributed by atoms with E-state index in [1.165, 1.54) is 5.56 Å². The number of methoxy groups -OCH3 is 2. The quantitative estimate of drug-likeness (QED) is 0.264. The van der Waals surface area contributed by atoms with Crippen molar-refractivity contribution in [2.45, 2.75) is 32.9 Å². The maximum atomic E-state index is 11.8. The van der Waals surface area contributed by atoms with E-state index < -0.39 is 5.91 Å². The molecule has 0 spiro atoms. The molecule has 2 N–H and O–H groups in total. The van der Waals surface area contributed by atoms with Crippen LogP contribution in [0.15, 0.2) is 59.1 Å². The number of carbonyl (C=O) groups excluding carboxylic acids is 1. The number of ether oxygens (including phenoxy) is 3. The lowest BCUT2D eigenvalue weighted by Crippen LogP contribution is -2.13. The molecule has 1 aromatic heterocycles. The topological polar surface area (TPSA) is 88.6 Å². The van der Waals surface area contributed by atoms with Crippen LogP contribution in [0.4, 0.5) is 0 Å². The predicted molar refractivity (Wildman–Crippen MR) is 145 cm³/mol. The first-order valence-electron chi connectivity index (χ1n) is 11.7. The van der Waals surface area contributed by atoms with Gasteiger partial charge in [0.2, 0.25) is 0 Å². The fourth-order valence-electron chi connectivity index (χ4n) is 4.15. The number of fused-ring (bicyclic) bond motifs is 1. The second kappa shape index (κ2) is 11.1. The molecular formula is C28H30BrN3O4. The van der Waals surface area contributed by atoms with Crippen LogP contribution >= 0.6 is 15.9 Å². The molecule has 0 unspecified atom stereocenters. The number of imidazole rings is 1. The minimum atomic E-state index is -0.539. The van der Waals surface area contributed by atoms with Crippen LogP contribution in [0.5, 0.6) is 11.5 Å². The van der Waals surface area contributed by atoms with E-state index in [0.717, 1.165) is 32.5 Å². The average molecular weight is 552 g/mol.